The first-order valence-corrected chi connectivity index (χ1v) is 7.13. The van der Waals surface area contributed by atoms with E-state index in [9.17, 15) is 0 Å². The Labute approximate surface area is 102 Å². The molecular formula is C13H20N2S. The molecule has 16 heavy (non-hydrogen) atoms. The number of rotatable bonds is 4. The predicted octanol–water partition coefficient (Wildman–Crippen LogP) is 2.45. The largest absolute Gasteiger partial charge is 0.315 e. The van der Waals surface area contributed by atoms with E-state index in [1.807, 2.05) is 18.4 Å². The van der Waals surface area contributed by atoms with Crippen LogP contribution in [-0.2, 0) is 13.1 Å². The summed E-state index contributed by atoms with van der Waals surface area (Å²) >= 11 is 1.97. The normalized spacial score (nSPS) is 29.1. The van der Waals surface area contributed by atoms with Crippen molar-refractivity contribution < 1.29 is 0 Å². The monoisotopic (exact) mass is 236 g/mol. The van der Waals surface area contributed by atoms with Crippen LogP contribution in [0.3, 0.4) is 0 Å². The Kier molecular flexibility index (Phi) is 3.01. The standard InChI is InChI=1S/C13H20N2S/c1-14-7-12-4-5-13(16-12)9-15-8-10-2-3-11(15)6-10/h4-5,10-11,14H,2-3,6-9H2,1H3. The maximum absolute atomic E-state index is 3.21. The Morgan fingerprint density at radius 1 is 1.38 bits per heavy atom. The molecule has 1 saturated heterocycles. The molecule has 1 N–H and O–H groups in total. The summed E-state index contributed by atoms with van der Waals surface area (Å²) in [6.07, 6.45) is 4.39. The molecule has 2 aliphatic rings. The number of nitrogens with zero attached hydrogens (tertiary/aromatic N) is 1. The summed E-state index contributed by atoms with van der Waals surface area (Å²) < 4.78 is 0. The second-order valence-electron chi connectivity index (χ2n) is 5.16. The van der Waals surface area contributed by atoms with Gasteiger partial charge < -0.3 is 5.32 Å². The number of nitrogens with one attached hydrogen (secondary N) is 1. The van der Waals surface area contributed by atoms with Crippen molar-refractivity contribution in [3.8, 4) is 0 Å². The van der Waals surface area contributed by atoms with Crippen LogP contribution >= 0.6 is 11.3 Å². The summed E-state index contributed by atoms with van der Waals surface area (Å²) in [5.41, 5.74) is 0. The number of piperidine rings is 1. The minimum Gasteiger partial charge on any atom is -0.315 e. The van der Waals surface area contributed by atoms with Gasteiger partial charge in [0.15, 0.2) is 0 Å². The Hall–Kier alpha value is -0.380. The lowest BCUT2D eigenvalue weighted by Gasteiger charge is -2.25. The molecule has 2 fully saturated rings. The highest BCUT2D eigenvalue weighted by atomic mass is 32.1. The quantitative estimate of drug-likeness (QED) is 0.864. The molecular weight excluding hydrogens is 216 g/mol. The van der Waals surface area contributed by atoms with Gasteiger partial charge in [-0.25, -0.2) is 0 Å². The van der Waals surface area contributed by atoms with Crippen LogP contribution in [0.2, 0.25) is 0 Å². The fraction of sp³-hybridized carbons (Fsp3) is 0.692. The van der Waals surface area contributed by atoms with E-state index in [1.165, 1.54) is 42.1 Å². The van der Waals surface area contributed by atoms with E-state index in [2.05, 4.69) is 22.3 Å². The average Bonchev–Trinajstić information content (AvgIpc) is 2.95. The zero-order valence-corrected chi connectivity index (χ0v) is 10.7. The third-order valence-corrected chi connectivity index (χ3v) is 5.02. The molecule has 0 aromatic carbocycles. The predicted molar refractivity (Wildman–Crippen MR) is 68.6 cm³/mol. The molecule has 1 aliphatic heterocycles. The minimum absolute atomic E-state index is 0.903. The molecule has 0 radical (unpaired) electrons. The molecule has 1 aliphatic carbocycles. The molecule has 1 saturated carbocycles. The summed E-state index contributed by atoms with van der Waals surface area (Å²) in [5.74, 6) is 1.02. The number of likely N-dealkylation sites (tertiary alicyclic amines) is 1. The van der Waals surface area contributed by atoms with E-state index >= 15 is 0 Å². The molecule has 2 heterocycles. The van der Waals surface area contributed by atoms with Gasteiger partial charge in [0.05, 0.1) is 0 Å². The van der Waals surface area contributed by atoms with Gasteiger partial charge in [-0.2, -0.15) is 0 Å². The fourth-order valence-electron chi connectivity index (χ4n) is 3.20. The smallest absolute Gasteiger partial charge is 0.0331 e. The first-order chi connectivity index (χ1) is 7.85. The third kappa shape index (κ3) is 2.04. The second kappa shape index (κ2) is 4.47. The van der Waals surface area contributed by atoms with Gasteiger partial charge in [0.25, 0.3) is 0 Å². The molecule has 88 valence electrons. The van der Waals surface area contributed by atoms with Gasteiger partial charge >= 0.3 is 0 Å². The zero-order chi connectivity index (χ0) is 11.0. The SMILES string of the molecule is CNCc1ccc(CN2CC3CCC2C3)s1. The Morgan fingerprint density at radius 3 is 2.94 bits per heavy atom. The van der Waals surface area contributed by atoms with Crippen molar-refractivity contribution >= 4 is 11.3 Å². The van der Waals surface area contributed by atoms with Crippen LogP contribution in [0.1, 0.15) is 29.0 Å². The summed E-state index contributed by atoms with van der Waals surface area (Å²) in [6.45, 7) is 3.55. The Bertz CT molecular complexity index is 361. The summed E-state index contributed by atoms with van der Waals surface area (Å²) in [4.78, 5) is 5.70. The molecule has 3 rings (SSSR count). The van der Waals surface area contributed by atoms with E-state index in [0.717, 1.165) is 18.5 Å². The lowest BCUT2D eigenvalue weighted by Crippen LogP contribution is -2.31. The third-order valence-electron chi connectivity index (χ3n) is 3.95. The van der Waals surface area contributed by atoms with Crippen molar-refractivity contribution in [2.45, 2.75) is 38.4 Å². The van der Waals surface area contributed by atoms with Gasteiger partial charge in [0.2, 0.25) is 0 Å². The highest BCUT2D eigenvalue weighted by Crippen LogP contribution is 2.38. The van der Waals surface area contributed by atoms with Crippen LogP contribution in [0.4, 0.5) is 0 Å². The summed E-state index contributed by atoms with van der Waals surface area (Å²) in [7, 11) is 2.01. The molecule has 1 aromatic heterocycles. The summed E-state index contributed by atoms with van der Waals surface area (Å²) in [6, 6.07) is 5.48. The van der Waals surface area contributed by atoms with Crippen LogP contribution in [0.15, 0.2) is 12.1 Å². The van der Waals surface area contributed by atoms with Gasteiger partial charge in [0.1, 0.15) is 0 Å². The molecule has 0 spiro atoms. The van der Waals surface area contributed by atoms with Gasteiger partial charge in [0, 0.05) is 35.4 Å². The Morgan fingerprint density at radius 2 is 2.25 bits per heavy atom. The fourth-order valence-corrected chi connectivity index (χ4v) is 4.25. The molecule has 2 nitrogen and oxygen atoms in total. The van der Waals surface area contributed by atoms with Gasteiger partial charge in [-0.05, 0) is 44.4 Å². The van der Waals surface area contributed by atoms with Crippen LogP contribution in [0.5, 0.6) is 0 Å². The number of thiophene rings is 1. The van der Waals surface area contributed by atoms with Crippen molar-refractivity contribution in [2.24, 2.45) is 5.92 Å². The lowest BCUT2D eigenvalue weighted by atomic mass is 10.1. The molecule has 0 amide bonds. The number of hydrogen-bond donors (Lipinski definition) is 1. The van der Waals surface area contributed by atoms with E-state index in [0.29, 0.717) is 0 Å². The number of hydrogen-bond acceptors (Lipinski definition) is 3. The van der Waals surface area contributed by atoms with Crippen LogP contribution in [-0.4, -0.2) is 24.5 Å². The van der Waals surface area contributed by atoms with Gasteiger partial charge in [-0.15, -0.1) is 11.3 Å². The van der Waals surface area contributed by atoms with Crippen molar-refractivity contribution in [1.29, 1.82) is 0 Å². The lowest BCUT2D eigenvalue weighted by molar-refractivity contribution is 0.207. The van der Waals surface area contributed by atoms with E-state index in [4.69, 9.17) is 0 Å². The van der Waals surface area contributed by atoms with Gasteiger partial charge in [-0.3, -0.25) is 4.90 Å². The molecule has 3 heteroatoms. The van der Waals surface area contributed by atoms with Crippen molar-refractivity contribution in [1.82, 2.24) is 10.2 Å². The van der Waals surface area contributed by atoms with Crippen LogP contribution < -0.4 is 5.32 Å². The first kappa shape index (κ1) is 10.8. The Balaban J connectivity index is 1.61. The average molecular weight is 236 g/mol. The van der Waals surface area contributed by atoms with Crippen molar-refractivity contribution in [2.75, 3.05) is 13.6 Å². The van der Waals surface area contributed by atoms with E-state index in [-0.39, 0.29) is 0 Å². The second-order valence-corrected chi connectivity index (χ2v) is 6.41. The summed E-state index contributed by atoms with van der Waals surface area (Å²) in [5, 5.41) is 3.21. The highest BCUT2D eigenvalue weighted by molar-refractivity contribution is 7.11. The van der Waals surface area contributed by atoms with E-state index in [1.54, 1.807) is 0 Å². The van der Waals surface area contributed by atoms with Crippen molar-refractivity contribution in [3.63, 3.8) is 0 Å². The van der Waals surface area contributed by atoms with Crippen molar-refractivity contribution in [3.05, 3.63) is 21.9 Å². The highest BCUT2D eigenvalue weighted by Gasteiger charge is 2.37. The van der Waals surface area contributed by atoms with Crippen LogP contribution in [0.25, 0.3) is 0 Å². The number of fused-ring (bicyclic) bond motifs is 2. The molecule has 2 bridgehead atoms. The van der Waals surface area contributed by atoms with Gasteiger partial charge in [-0.1, -0.05) is 0 Å². The molecule has 2 atom stereocenters. The first-order valence-electron chi connectivity index (χ1n) is 6.31. The molecule has 1 aromatic rings. The van der Waals surface area contributed by atoms with E-state index < -0.39 is 0 Å². The topological polar surface area (TPSA) is 15.3 Å². The minimum atomic E-state index is 0.903. The maximum Gasteiger partial charge on any atom is 0.0331 e. The molecule has 2 unspecified atom stereocenters. The zero-order valence-electron chi connectivity index (χ0n) is 9.91. The van der Waals surface area contributed by atoms with Crippen LogP contribution in [0, 0.1) is 5.92 Å². The maximum atomic E-state index is 3.21.